The molecule has 1 aromatic carbocycles. The van der Waals surface area contributed by atoms with E-state index in [1.807, 2.05) is 0 Å². The van der Waals surface area contributed by atoms with Gasteiger partial charge in [0.05, 0.1) is 17.8 Å². The Kier molecular flexibility index (Phi) is 3.16. The van der Waals surface area contributed by atoms with Crippen molar-refractivity contribution in [2.24, 2.45) is 0 Å². The molecule has 0 saturated carbocycles. The first kappa shape index (κ1) is 12.4. The Morgan fingerprint density at radius 1 is 1.47 bits per heavy atom. The van der Waals surface area contributed by atoms with Gasteiger partial charge in [0.15, 0.2) is 5.69 Å². The first-order valence-corrected chi connectivity index (χ1v) is 6.57. The van der Waals surface area contributed by atoms with Crippen molar-refractivity contribution in [3.05, 3.63) is 45.9 Å². The first-order valence-electron chi connectivity index (χ1n) is 5.77. The van der Waals surface area contributed by atoms with Gasteiger partial charge in [0.25, 0.3) is 0 Å². The lowest BCUT2D eigenvalue weighted by Crippen LogP contribution is -2.43. The Morgan fingerprint density at radius 2 is 2.26 bits per heavy atom. The van der Waals surface area contributed by atoms with Crippen LogP contribution in [0.25, 0.3) is 0 Å². The molecule has 98 valence electrons. The Bertz CT molecular complexity index is 638. The zero-order valence-corrected chi connectivity index (χ0v) is 11.4. The smallest absolute Gasteiger partial charge is 0.217 e. The van der Waals surface area contributed by atoms with Crippen LogP contribution in [0.3, 0.4) is 0 Å². The largest absolute Gasteiger partial charge is 0.312 e. The van der Waals surface area contributed by atoms with E-state index in [1.54, 1.807) is 16.9 Å². The van der Waals surface area contributed by atoms with Gasteiger partial charge in [-0.1, -0.05) is 21.1 Å². The average Bonchev–Trinajstić information content (AvgIpc) is 2.78. The van der Waals surface area contributed by atoms with E-state index in [0.717, 1.165) is 13.1 Å². The van der Waals surface area contributed by atoms with Crippen LogP contribution >= 0.6 is 15.9 Å². The van der Waals surface area contributed by atoms with Crippen LogP contribution < -0.4 is 5.32 Å². The molecule has 0 bridgehead atoms. The Labute approximate surface area is 116 Å². The minimum absolute atomic E-state index is 0.00633. The summed E-state index contributed by atoms with van der Waals surface area (Å²) in [5, 5.41) is 10.8. The van der Waals surface area contributed by atoms with E-state index >= 15 is 0 Å². The number of carbonyl (C=O) groups excluding carboxylic acids is 1. The lowest BCUT2D eigenvalue weighted by Gasteiger charge is -2.26. The maximum Gasteiger partial charge on any atom is 0.217 e. The van der Waals surface area contributed by atoms with Crippen molar-refractivity contribution >= 4 is 21.7 Å². The third-order valence-electron chi connectivity index (χ3n) is 3.05. The fourth-order valence-corrected chi connectivity index (χ4v) is 2.19. The molecule has 0 aliphatic carbocycles. The lowest BCUT2D eigenvalue weighted by atomic mass is 10.1. The number of nitrogens with zero attached hydrogens (tertiary/aromatic N) is 3. The summed E-state index contributed by atoms with van der Waals surface area (Å²) in [4.78, 5) is 12.2. The van der Waals surface area contributed by atoms with Gasteiger partial charge in [-0.25, -0.2) is 9.07 Å². The Morgan fingerprint density at radius 3 is 2.95 bits per heavy atom. The normalized spacial score (nSPS) is 15.3. The van der Waals surface area contributed by atoms with E-state index in [-0.39, 0.29) is 17.3 Å². The Balaban J connectivity index is 1.90. The van der Waals surface area contributed by atoms with Gasteiger partial charge in [-0.05, 0) is 18.2 Å². The molecule has 0 amide bonds. The van der Waals surface area contributed by atoms with Crippen LogP contribution in [-0.2, 0) is 0 Å². The van der Waals surface area contributed by atoms with Crippen molar-refractivity contribution in [2.75, 3.05) is 13.1 Å². The van der Waals surface area contributed by atoms with Crippen LogP contribution in [0.5, 0.6) is 0 Å². The molecular weight excluding hydrogens is 315 g/mol. The van der Waals surface area contributed by atoms with Gasteiger partial charge in [0.1, 0.15) is 5.82 Å². The number of nitrogens with one attached hydrogen (secondary N) is 1. The number of halogens is 2. The Hall–Kier alpha value is -1.60. The van der Waals surface area contributed by atoms with Gasteiger partial charge < -0.3 is 5.32 Å². The van der Waals surface area contributed by atoms with Crippen molar-refractivity contribution in [1.29, 1.82) is 0 Å². The molecule has 0 unspecified atom stereocenters. The van der Waals surface area contributed by atoms with Crippen molar-refractivity contribution in [3.8, 4) is 0 Å². The van der Waals surface area contributed by atoms with Gasteiger partial charge >= 0.3 is 0 Å². The van der Waals surface area contributed by atoms with Gasteiger partial charge in [-0.15, -0.1) is 5.10 Å². The van der Waals surface area contributed by atoms with Crippen molar-refractivity contribution in [1.82, 2.24) is 20.3 Å². The molecule has 0 atom stereocenters. The molecule has 19 heavy (non-hydrogen) atoms. The number of aromatic nitrogens is 3. The minimum Gasteiger partial charge on any atom is -0.312 e. The van der Waals surface area contributed by atoms with E-state index in [2.05, 4.69) is 31.6 Å². The second kappa shape index (κ2) is 4.82. The molecule has 2 heterocycles. The topological polar surface area (TPSA) is 59.8 Å². The highest BCUT2D eigenvalue weighted by Gasteiger charge is 2.23. The molecule has 1 saturated heterocycles. The van der Waals surface area contributed by atoms with Gasteiger partial charge in [-0.3, -0.25) is 4.79 Å². The minimum atomic E-state index is -0.562. The predicted molar refractivity (Wildman–Crippen MR) is 69.5 cm³/mol. The van der Waals surface area contributed by atoms with Crippen LogP contribution in [-0.4, -0.2) is 33.9 Å². The maximum atomic E-state index is 13.6. The van der Waals surface area contributed by atoms with Crippen LogP contribution in [0.1, 0.15) is 22.1 Å². The molecular formula is C12H10BrFN4O. The molecule has 5 nitrogen and oxygen atoms in total. The standard InChI is InChI=1S/C12H10BrFN4O/c13-7-1-2-10(14)9(3-7)12(19)11-6-18(17-16-11)8-4-15-5-8/h1-3,6,8,15H,4-5H2. The summed E-state index contributed by atoms with van der Waals surface area (Å²) in [6, 6.07) is 4.46. The monoisotopic (exact) mass is 324 g/mol. The zero-order valence-electron chi connectivity index (χ0n) is 9.81. The number of ketones is 1. The molecule has 2 aromatic rings. The van der Waals surface area contributed by atoms with E-state index < -0.39 is 11.6 Å². The molecule has 7 heteroatoms. The zero-order chi connectivity index (χ0) is 13.4. The predicted octanol–water partition coefficient (Wildman–Crippen LogP) is 1.55. The molecule has 0 spiro atoms. The summed E-state index contributed by atoms with van der Waals surface area (Å²) >= 11 is 3.22. The van der Waals surface area contributed by atoms with Crippen LogP contribution in [0.15, 0.2) is 28.9 Å². The van der Waals surface area contributed by atoms with Gasteiger partial charge in [0.2, 0.25) is 5.78 Å². The highest BCUT2D eigenvalue weighted by atomic mass is 79.9. The van der Waals surface area contributed by atoms with Crippen LogP contribution in [0, 0.1) is 5.82 Å². The summed E-state index contributed by atoms with van der Waals surface area (Å²) in [6.07, 6.45) is 1.56. The quantitative estimate of drug-likeness (QED) is 0.870. The molecule has 3 rings (SSSR count). The summed E-state index contributed by atoms with van der Waals surface area (Å²) < 4.78 is 15.9. The third kappa shape index (κ3) is 2.31. The number of carbonyl (C=O) groups is 1. The molecule has 1 fully saturated rings. The van der Waals surface area contributed by atoms with Crippen molar-refractivity contribution in [2.45, 2.75) is 6.04 Å². The van der Waals surface area contributed by atoms with E-state index in [9.17, 15) is 9.18 Å². The molecule has 1 aliphatic rings. The second-order valence-corrected chi connectivity index (χ2v) is 5.26. The van der Waals surface area contributed by atoms with Crippen molar-refractivity contribution < 1.29 is 9.18 Å². The number of hydrogen-bond acceptors (Lipinski definition) is 4. The van der Waals surface area contributed by atoms with E-state index in [0.29, 0.717) is 4.47 Å². The van der Waals surface area contributed by atoms with Crippen LogP contribution in [0.2, 0.25) is 0 Å². The van der Waals surface area contributed by atoms with Crippen molar-refractivity contribution in [3.63, 3.8) is 0 Å². The molecule has 1 N–H and O–H groups in total. The second-order valence-electron chi connectivity index (χ2n) is 4.35. The molecule has 1 aromatic heterocycles. The average molecular weight is 325 g/mol. The molecule has 0 radical (unpaired) electrons. The fraction of sp³-hybridized carbons (Fsp3) is 0.250. The lowest BCUT2D eigenvalue weighted by molar-refractivity contribution is 0.103. The summed E-state index contributed by atoms with van der Waals surface area (Å²) in [6.45, 7) is 1.62. The van der Waals surface area contributed by atoms with E-state index in [4.69, 9.17) is 0 Å². The fourth-order valence-electron chi connectivity index (χ4n) is 1.83. The highest BCUT2D eigenvalue weighted by molar-refractivity contribution is 9.10. The first-order chi connectivity index (χ1) is 9.15. The van der Waals surface area contributed by atoms with Gasteiger partial charge in [0, 0.05) is 17.6 Å². The number of benzene rings is 1. The highest BCUT2D eigenvalue weighted by Crippen LogP contribution is 2.19. The summed E-state index contributed by atoms with van der Waals surface area (Å²) in [5.41, 5.74) is 0.150. The SMILES string of the molecule is O=C(c1cn(C2CNC2)nn1)c1cc(Br)ccc1F. The number of rotatable bonds is 3. The number of hydrogen-bond donors (Lipinski definition) is 1. The van der Waals surface area contributed by atoms with E-state index in [1.165, 1.54) is 12.1 Å². The van der Waals surface area contributed by atoms with Gasteiger partial charge in [-0.2, -0.15) is 0 Å². The summed E-state index contributed by atoms with van der Waals surface area (Å²) in [7, 11) is 0. The third-order valence-corrected chi connectivity index (χ3v) is 3.54. The maximum absolute atomic E-state index is 13.6. The molecule has 1 aliphatic heterocycles. The van der Waals surface area contributed by atoms with Crippen LogP contribution in [0.4, 0.5) is 4.39 Å². The summed E-state index contributed by atoms with van der Waals surface area (Å²) in [5.74, 6) is -1.02.